The molecule has 0 amide bonds. The molecule has 6 nitrogen and oxygen atoms in total. The average molecular weight is 516 g/mol. The van der Waals surface area contributed by atoms with Crippen LogP contribution in [0, 0.1) is 5.82 Å². The Balaban J connectivity index is 1.23. The third kappa shape index (κ3) is 4.39. The molecule has 1 saturated heterocycles. The van der Waals surface area contributed by atoms with Gasteiger partial charge in [0.25, 0.3) is 0 Å². The first-order valence-corrected chi connectivity index (χ1v) is 13.6. The van der Waals surface area contributed by atoms with Gasteiger partial charge in [-0.25, -0.2) is 9.37 Å². The molecule has 188 valence electrons. The van der Waals surface area contributed by atoms with E-state index in [0.29, 0.717) is 19.0 Å². The number of ether oxygens (including phenoxy) is 3. The molecule has 0 N–H and O–H groups in total. The Kier molecular flexibility index (Phi) is 5.68. The Bertz CT molecular complexity index is 1570. The van der Waals surface area contributed by atoms with Gasteiger partial charge in [-0.05, 0) is 70.6 Å². The number of aromatic nitrogens is 3. The Labute approximate surface area is 217 Å². The number of thiophene rings is 1. The van der Waals surface area contributed by atoms with Crippen molar-refractivity contribution in [3.05, 3.63) is 82.7 Å². The highest BCUT2D eigenvalue weighted by atomic mass is 32.1. The molecule has 3 aromatic heterocycles. The molecule has 1 saturated carbocycles. The van der Waals surface area contributed by atoms with Crippen molar-refractivity contribution in [3.8, 4) is 16.9 Å². The van der Waals surface area contributed by atoms with Crippen molar-refractivity contribution in [2.45, 2.75) is 44.0 Å². The highest BCUT2D eigenvalue weighted by Crippen LogP contribution is 2.42. The predicted octanol–water partition coefficient (Wildman–Crippen LogP) is 6.51. The number of halogens is 1. The average Bonchev–Trinajstić information content (AvgIpc) is 3.35. The largest absolute Gasteiger partial charge is 0.489 e. The molecule has 8 heteroatoms. The molecule has 0 unspecified atom stereocenters. The summed E-state index contributed by atoms with van der Waals surface area (Å²) < 4.78 is 35.2. The molecule has 0 bridgehead atoms. The summed E-state index contributed by atoms with van der Waals surface area (Å²) in [6.45, 7) is 1.48. The van der Waals surface area contributed by atoms with Crippen LogP contribution in [0.25, 0.3) is 27.8 Å². The van der Waals surface area contributed by atoms with Gasteiger partial charge in [0.1, 0.15) is 18.2 Å². The van der Waals surface area contributed by atoms with Crippen molar-refractivity contribution in [1.82, 2.24) is 14.4 Å². The lowest BCUT2D eigenvalue weighted by Gasteiger charge is -2.38. The van der Waals surface area contributed by atoms with Gasteiger partial charge in [0.05, 0.1) is 28.9 Å². The standard InChI is InChI=1S/C29H26FN3O3S/c30-22-12-19(11-21(13-22)29(36-23-1-2-23)4-8-34-9-5-29)17-35-24-14-25(20-3-10-37-18-20)28-26(15-24)32-16-27-31-6-7-33(27)28/h3,6-7,10-16,18,23H,1-2,4-5,8-9,17H2. The van der Waals surface area contributed by atoms with Crippen LogP contribution < -0.4 is 4.74 Å². The van der Waals surface area contributed by atoms with E-state index >= 15 is 0 Å². The lowest BCUT2D eigenvalue weighted by atomic mass is 9.85. The van der Waals surface area contributed by atoms with Crippen molar-refractivity contribution in [2.75, 3.05) is 13.2 Å². The number of imidazole rings is 1. The monoisotopic (exact) mass is 515 g/mol. The number of hydrogen-bond donors (Lipinski definition) is 0. The summed E-state index contributed by atoms with van der Waals surface area (Å²) in [4.78, 5) is 9.04. The van der Waals surface area contributed by atoms with E-state index < -0.39 is 5.60 Å². The van der Waals surface area contributed by atoms with Gasteiger partial charge in [0, 0.05) is 50.1 Å². The molecular formula is C29H26FN3O3S. The zero-order chi connectivity index (χ0) is 24.8. The predicted molar refractivity (Wildman–Crippen MR) is 140 cm³/mol. The number of rotatable bonds is 7. The zero-order valence-electron chi connectivity index (χ0n) is 20.2. The fraction of sp³-hybridized carbons (Fsp3) is 0.310. The summed E-state index contributed by atoms with van der Waals surface area (Å²) in [6, 6.07) is 11.2. The van der Waals surface area contributed by atoms with Crippen LogP contribution in [0.1, 0.15) is 36.8 Å². The summed E-state index contributed by atoms with van der Waals surface area (Å²) in [5.41, 5.74) is 5.85. The molecule has 2 aliphatic rings. The fourth-order valence-electron chi connectivity index (χ4n) is 5.24. The van der Waals surface area contributed by atoms with E-state index in [1.807, 2.05) is 28.8 Å². The maximum atomic E-state index is 14.8. The van der Waals surface area contributed by atoms with Crippen molar-refractivity contribution in [2.24, 2.45) is 0 Å². The lowest BCUT2D eigenvalue weighted by Crippen LogP contribution is -2.37. The lowest BCUT2D eigenvalue weighted by molar-refractivity contribution is -0.124. The van der Waals surface area contributed by atoms with Gasteiger partial charge < -0.3 is 14.2 Å². The van der Waals surface area contributed by atoms with E-state index in [1.165, 1.54) is 0 Å². The van der Waals surface area contributed by atoms with Gasteiger partial charge in [-0.1, -0.05) is 0 Å². The highest BCUT2D eigenvalue weighted by molar-refractivity contribution is 7.08. The highest BCUT2D eigenvalue weighted by Gasteiger charge is 2.41. The van der Waals surface area contributed by atoms with E-state index in [-0.39, 0.29) is 18.5 Å². The molecule has 0 atom stereocenters. The van der Waals surface area contributed by atoms with Crippen molar-refractivity contribution in [1.29, 1.82) is 0 Å². The van der Waals surface area contributed by atoms with Gasteiger partial charge >= 0.3 is 0 Å². The summed E-state index contributed by atoms with van der Waals surface area (Å²) in [7, 11) is 0. The van der Waals surface area contributed by atoms with E-state index in [4.69, 9.17) is 14.2 Å². The van der Waals surface area contributed by atoms with Crippen molar-refractivity contribution >= 4 is 28.0 Å². The first-order valence-electron chi connectivity index (χ1n) is 12.6. The Morgan fingerprint density at radius 1 is 1.11 bits per heavy atom. The minimum atomic E-state index is -0.495. The van der Waals surface area contributed by atoms with Crippen LogP contribution in [0.4, 0.5) is 4.39 Å². The number of nitrogens with zero attached hydrogens (tertiary/aromatic N) is 3. The molecule has 1 aliphatic heterocycles. The molecule has 37 heavy (non-hydrogen) atoms. The molecular weight excluding hydrogens is 489 g/mol. The minimum absolute atomic E-state index is 0.239. The number of hydrogen-bond acceptors (Lipinski definition) is 6. The topological polar surface area (TPSA) is 57.9 Å². The molecule has 0 spiro atoms. The Morgan fingerprint density at radius 2 is 2.00 bits per heavy atom. The normalized spacial score (nSPS) is 17.4. The van der Waals surface area contributed by atoms with E-state index in [1.54, 1.807) is 35.9 Å². The first-order chi connectivity index (χ1) is 18.2. The zero-order valence-corrected chi connectivity index (χ0v) is 21.0. The van der Waals surface area contributed by atoms with Gasteiger partial charge in [-0.3, -0.25) is 9.38 Å². The minimum Gasteiger partial charge on any atom is -0.489 e. The van der Waals surface area contributed by atoms with E-state index in [0.717, 1.165) is 64.6 Å². The van der Waals surface area contributed by atoms with Gasteiger partial charge in [-0.15, -0.1) is 0 Å². The van der Waals surface area contributed by atoms with Crippen molar-refractivity contribution in [3.63, 3.8) is 0 Å². The van der Waals surface area contributed by atoms with Crippen LogP contribution in [0.5, 0.6) is 5.75 Å². The van der Waals surface area contributed by atoms with Gasteiger partial charge in [-0.2, -0.15) is 11.3 Å². The molecule has 4 heterocycles. The summed E-state index contributed by atoms with van der Waals surface area (Å²) >= 11 is 1.64. The SMILES string of the molecule is Fc1cc(COc2cc(-c3ccsc3)c3c(c2)ncc2nccn23)cc(C2(OC3CC3)CCOCC2)c1. The molecule has 2 fully saturated rings. The van der Waals surface area contributed by atoms with Crippen LogP contribution in [0.2, 0.25) is 0 Å². The Morgan fingerprint density at radius 3 is 2.81 bits per heavy atom. The summed E-state index contributed by atoms with van der Waals surface area (Å²) in [6.07, 6.45) is 9.35. The third-order valence-electron chi connectivity index (χ3n) is 7.23. The summed E-state index contributed by atoms with van der Waals surface area (Å²) in [5, 5.41) is 4.17. The maximum absolute atomic E-state index is 14.8. The van der Waals surface area contributed by atoms with Crippen molar-refractivity contribution < 1.29 is 18.6 Å². The smallest absolute Gasteiger partial charge is 0.155 e. The van der Waals surface area contributed by atoms with Crippen LogP contribution in [0.3, 0.4) is 0 Å². The van der Waals surface area contributed by atoms with Crippen LogP contribution >= 0.6 is 11.3 Å². The summed E-state index contributed by atoms with van der Waals surface area (Å²) in [5.74, 6) is 0.407. The van der Waals surface area contributed by atoms with Gasteiger partial charge in [0.15, 0.2) is 5.65 Å². The first kappa shape index (κ1) is 22.8. The fourth-order valence-corrected chi connectivity index (χ4v) is 5.89. The Hall–Kier alpha value is -3.33. The molecule has 7 rings (SSSR count). The maximum Gasteiger partial charge on any atom is 0.155 e. The van der Waals surface area contributed by atoms with Gasteiger partial charge in [0.2, 0.25) is 0 Å². The second-order valence-corrected chi connectivity index (χ2v) is 10.6. The van der Waals surface area contributed by atoms with E-state index in [2.05, 4.69) is 26.8 Å². The quantitative estimate of drug-likeness (QED) is 0.247. The number of fused-ring (bicyclic) bond motifs is 3. The molecule has 1 aliphatic carbocycles. The third-order valence-corrected chi connectivity index (χ3v) is 7.91. The molecule has 0 radical (unpaired) electrons. The second kappa shape index (κ2) is 9.20. The van der Waals surface area contributed by atoms with Crippen LogP contribution in [0.15, 0.2) is 65.7 Å². The second-order valence-electron chi connectivity index (χ2n) is 9.82. The number of benzene rings is 2. The van der Waals surface area contributed by atoms with Crippen LogP contribution in [-0.4, -0.2) is 33.7 Å². The molecule has 5 aromatic rings. The molecule has 2 aromatic carbocycles. The van der Waals surface area contributed by atoms with E-state index in [9.17, 15) is 4.39 Å². The van der Waals surface area contributed by atoms with Crippen LogP contribution in [-0.2, 0) is 21.7 Å².